The third kappa shape index (κ3) is 3.48. The van der Waals surface area contributed by atoms with Crippen molar-refractivity contribution in [2.45, 2.75) is 25.7 Å². The fourth-order valence-electron chi connectivity index (χ4n) is 3.17. The van der Waals surface area contributed by atoms with E-state index >= 15 is 0 Å². The highest BCUT2D eigenvalue weighted by molar-refractivity contribution is 5.79. The van der Waals surface area contributed by atoms with Crippen molar-refractivity contribution >= 4 is 5.91 Å². The summed E-state index contributed by atoms with van der Waals surface area (Å²) in [6.45, 7) is 0.699. The Morgan fingerprint density at radius 2 is 1.68 bits per heavy atom. The Balaban J connectivity index is 1.43. The molecule has 3 rings (SSSR count). The molecule has 1 aliphatic rings. The normalized spacial score (nSPS) is 13.8. The van der Waals surface area contributed by atoms with Gasteiger partial charge in [0.2, 0.25) is 5.91 Å². The molecule has 0 aromatic heterocycles. The second kappa shape index (κ2) is 6.65. The van der Waals surface area contributed by atoms with E-state index in [4.69, 9.17) is 0 Å². The summed E-state index contributed by atoms with van der Waals surface area (Å²) in [4.78, 5) is 11.9. The SMILES string of the molecule is O=C(Cc1ccccc1O)NCCC1Cc2ccccc2C1. The molecule has 0 atom stereocenters. The molecule has 0 unspecified atom stereocenters. The Kier molecular flexibility index (Phi) is 4.42. The summed E-state index contributed by atoms with van der Waals surface area (Å²) >= 11 is 0. The molecule has 2 N–H and O–H groups in total. The van der Waals surface area contributed by atoms with Gasteiger partial charge in [-0.1, -0.05) is 42.5 Å². The molecule has 0 bridgehead atoms. The van der Waals surface area contributed by atoms with Gasteiger partial charge in [-0.25, -0.2) is 0 Å². The van der Waals surface area contributed by atoms with Crippen LogP contribution in [-0.2, 0) is 24.1 Å². The van der Waals surface area contributed by atoms with Gasteiger partial charge >= 0.3 is 0 Å². The second-order valence-corrected chi connectivity index (χ2v) is 5.99. The summed E-state index contributed by atoms with van der Waals surface area (Å²) in [6, 6.07) is 15.6. The Morgan fingerprint density at radius 1 is 1.05 bits per heavy atom. The molecular weight excluding hydrogens is 274 g/mol. The van der Waals surface area contributed by atoms with Crippen molar-refractivity contribution < 1.29 is 9.90 Å². The number of phenolic OH excluding ortho intramolecular Hbond substituents is 1. The second-order valence-electron chi connectivity index (χ2n) is 5.99. The topological polar surface area (TPSA) is 49.3 Å². The molecule has 1 aliphatic carbocycles. The quantitative estimate of drug-likeness (QED) is 0.891. The number of fused-ring (bicyclic) bond motifs is 1. The average Bonchev–Trinajstić information content (AvgIpc) is 2.92. The summed E-state index contributed by atoms with van der Waals surface area (Å²) < 4.78 is 0. The van der Waals surface area contributed by atoms with E-state index in [0.717, 1.165) is 19.3 Å². The van der Waals surface area contributed by atoms with E-state index in [0.29, 0.717) is 18.0 Å². The molecule has 2 aromatic carbocycles. The third-order valence-corrected chi connectivity index (χ3v) is 4.35. The lowest BCUT2D eigenvalue weighted by molar-refractivity contribution is -0.120. The predicted molar refractivity (Wildman–Crippen MR) is 86.8 cm³/mol. The first-order chi connectivity index (χ1) is 10.7. The van der Waals surface area contributed by atoms with E-state index in [-0.39, 0.29) is 18.1 Å². The standard InChI is InChI=1S/C19H21NO2/c21-18-8-4-3-7-17(18)13-19(22)20-10-9-14-11-15-5-1-2-6-16(15)12-14/h1-8,14,21H,9-13H2,(H,20,22). The Morgan fingerprint density at radius 3 is 2.36 bits per heavy atom. The Labute approximate surface area is 131 Å². The number of aromatic hydroxyl groups is 1. The zero-order valence-corrected chi connectivity index (χ0v) is 12.6. The summed E-state index contributed by atoms with van der Waals surface area (Å²) in [7, 11) is 0. The molecule has 0 fully saturated rings. The molecule has 0 saturated carbocycles. The maximum absolute atomic E-state index is 11.9. The molecule has 0 heterocycles. The maximum atomic E-state index is 11.9. The number of carbonyl (C=O) groups excluding carboxylic acids is 1. The van der Waals surface area contributed by atoms with Gasteiger partial charge in [-0.05, 0) is 42.4 Å². The zero-order valence-electron chi connectivity index (χ0n) is 12.6. The van der Waals surface area contributed by atoms with Gasteiger partial charge < -0.3 is 10.4 Å². The zero-order chi connectivity index (χ0) is 15.4. The summed E-state index contributed by atoms with van der Waals surface area (Å²) in [5.41, 5.74) is 3.58. The minimum Gasteiger partial charge on any atom is -0.508 e. The third-order valence-electron chi connectivity index (χ3n) is 4.35. The van der Waals surface area contributed by atoms with Crippen LogP contribution in [0.3, 0.4) is 0 Å². The summed E-state index contributed by atoms with van der Waals surface area (Å²) in [6.07, 6.45) is 3.47. The molecule has 2 aromatic rings. The number of hydrogen-bond donors (Lipinski definition) is 2. The average molecular weight is 295 g/mol. The predicted octanol–water partition coefficient (Wildman–Crippen LogP) is 2.86. The fourth-order valence-corrected chi connectivity index (χ4v) is 3.17. The van der Waals surface area contributed by atoms with Crippen LogP contribution in [0.2, 0.25) is 0 Å². The summed E-state index contributed by atoms with van der Waals surface area (Å²) in [5.74, 6) is 0.781. The van der Waals surface area contributed by atoms with Crippen LogP contribution in [0, 0.1) is 5.92 Å². The van der Waals surface area contributed by atoms with Gasteiger partial charge in [-0.2, -0.15) is 0 Å². The lowest BCUT2D eigenvalue weighted by atomic mass is 10.0. The van der Waals surface area contributed by atoms with E-state index in [1.807, 2.05) is 6.07 Å². The molecule has 114 valence electrons. The van der Waals surface area contributed by atoms with Crippen molar-refractivity contribution in [3.05, 3.63) is 65.2 Å². The van der Waals surface area contributed by atoms with E-state index < -0.39 is 0 Å². The van der Waals surface area contributed by atoms with Gasteiger partial charge in [-0.3, -0.25) is 4.79 Å². The highest BCUT2D eigenvalue weighted by Gasteiger charge is 2.20. The molecule has 3 nitrogen and oxygen atoms in total. The van der Waals surface area contributed by atoms with E-state index in [2.05, 4.69) is 29.6 Å². The number of rotatable bonds is 5. The van der Waals surface area contributed by atoms with Gasteiger partial charge in [0.1, 0.15) is 5.75 Å². The van der Waals surface area contributed by atoms with E-state index in [9.17, 15) is 9.90 Å². The Bertz CT molecular complexity index is 641. The molecule has 0 aliphatic heterocycles. The number of nitrogens with one attached hydrogen (secondary N) is 1. The number of para-hydroxylation sites is 1. The van der Waals surface area contributed by atoms with E-state index in [1.165, 1.54) is 11.1 Å². The molecule has 22 heavy (non-hydrogen) atoms. The number of hydrogen-bond acceptors (Lipinski definition) is 2. The smallest absolute Gasteiger partial charge is 0.224 e. The Hall–Kier alpha value is -2.29. The lowest BCUT2D eigenvalue weighted by Crippen LogP contribution is -2.27. The van der Waals surface area contributed by atoms with Crippen LogP contribution in [0.1, 0.15) is 23.1 Å². The molecule has 0 radical (unpaired) electrons. The van der Waals surface area contributed by atoms with Crippen LogP contribution in [-0.4, -0.2) is 17.6 Å². The van der Waals surface area contributed by atoms with Crippen LogP contribution in [0.25, 0.3) is 0 Å². The van der Waals surface area contributed by atoms with Crippen molar-refractivity contribution in [1.82, 2.24) is 5.32 Å². The number of amides is 1. The number of carbonyl (C=O) groups is 1. The first-order valence-electron chi connectivity index (χ1n) is 7.82. The van der Waals surface area contributed by atoms with Crippen LogP contribution in [0.4, 0.5) is 0 Å². The van der Waals surface area contributed by atoms with Gasteiger partial charge in [0, 0.05) is 12.1 Å². The van der Waals surface area contributed by atoms with Crippen molar-refractivity contribution in [3.63, 3.8) is 0 Å². The maximum Gasteiger partial charge on any atom is 0.224 e. The van der Waals surface area contributed by atoms with Crippen LogP contribution >= 0.6 is 0 Å². The monoisotopic (exact) mass is 295 g/mol. The van der Waals surface area contributed by atoms with Crippen molar-refractivity contribution in [2.75, 3.05) is 6.54 Å². The molecule has 0 spiro atoms. The lowest BCUT2D eigenvalue weighted by Gasteiger charge is -2.10. The van der Waals surface area contributed by atoms with Crippen molar-refractivity contribution in [1.29, 1.82) is 0 Å². The van der Waals surface area contributed by atoms with Crippen LogP contribution in [0.5, 0.6) is 5.75 Å². The van der Waals surface area contributed by atoms with Crippen molar-refractivity contribution in [3.8, 4) is 5.75 Å². The minimum absolute atomic E-state index is 0.0305. The largest absolute Gasteiger partial charge is 0.508 e. The highest BCUT2D eigenvalue weighted by atomic mass is 16.3. The molecule has 3 heteroatoms. The first kappa shape index (κ1) is 14.6. The number of phenols is 1. The summed E-state index contributed by atoms with van der Waals surface area (Å²) in [5, 5.41) is 12.6. The van der Waals surface area contributed by atoms with Gasteiger partial charge in [0.25, 0.3) is 0 Å². The van der Waals surface area contributed by atoms with Gasteiger partial charge in [0.15, 0.2) is 0 Å². The van der Waals surface area contributed by atoms with Crippen LogP contribution < -0.4 is 5.32 Å². The number of benzene rings is 2. The molecule has 1 amide bonds. The van der Waals surface area contributed by atoms with Crippen LogP contribution in [0.15, 0.2) is 48.5 Å². The van der Waals surface area contributed by atoms with Crippen molar-refractivity contribution in [2.24, 2.45) is 5.92 Å². The highest BCUT2D eigenvalue weighted by Crippen LogP contribution is 2.28. The first-order valence-corrected chi connectivity index (χ1v) is 7.82. The van der Waals surface area contributed by atoms with Gasteiger partial charge in [-0.15, -0.1) is 0 Å². The van der Waals surface area contributed by atoms with Gasteiger partial charge in [0.05, 0.1) is 6.42 Å². The molecular formula is C19H21NO2. The fraction of sp³-hybridized carbons (Fsp3) is 0.316. The minimum atomic E-state index is -0.0305. The van der Waals surface area contributed by atoms with E-state index in [1.54, 1.807) is 18.2 Å². The molecule has 0 saturated heterocycles.